The molecule has 1 atom stereocenters. The maximum Gasteiger partial charge on any atom is 0.343 e. The van der Waals surface area contributed by atoms with Crippen LogP contribution in [-0.2, 0) is 9.53 Å². The maximum absolute atomic E-state index is 12.4. The molecule has 0 amide bonds. The van der Waals surface area contributed by atoms with Crippen LogP contribution in [0.1, 0.15) is 36.5 Å². The Morgan fingerprint density at radius 3 is 2.53 bits per heavy atom. The molecule has 1 aromatic heterocycles. The van der Waals surface area contributed by atoms with Crippen LogP contribution >= 0.6 is 0 Å². The summed E-state index contributed by atoms with van der Waals surface area (Å²) in [6.45, 7) is 5.81. The number of ether oxygens (including phenoxy) is 3. The molecule has 0 saturated carbocycles. The summed E-state index contributed by atoms with van der Waals surface area (Å²) in [5, 5.41) is 0.656. The maximum atomic E-state index is 12.4. The van der Waals surface area contributed by atoms with E-state index in [2.05, 4.69) is 6.58 Å². The zero-order valence-electron chi connectivity index (χ0n) is 17.7. The lowest BCUT2D eigenvalue weighted by Crippen LogP contribution is -2.16. The van der Waals surface area contributed by atoms with E-state index < -0.39 is 17.6 Å². The molecule has 0 N–H and O–H groups in total. The minimum absolute atomic E-state index is 0.160. The van der Waals surface area contributed by atoms with Gasteiger partial charge in [-0.15, -0.1) is 0 Å². The van der Waals surface area contributed by atoms with Crippen molar-refractivity contribution >= 4 is 22.9 Å². The lowest BCUT2D eigenvalue weighted by atomic mass is 10.1. The number of hydrogen-bond acceptors (Lipinski definition) is 7. The molecule has 166 valence electrons. The van der Waals surface area contributed by atoms with Gasteiger partial charge in [0.05, 0.1) is 12.2 Å². The number of carbonyl (C=O) groups is 2. The molecule has 7 nitrogen and oxygen atoms in total. The van der Waals surface area contributed by atoms with Crippen LogP contribution in [-0.4, -0.2) is 24.6 Å². The van der Waals surface area contributed by atoms with Crippen molar-refractivity contribution in [3.8, 4) is 11.5 Å². The van der Waals surface area contributed by atoms with Gasteiger partial charge in [-0.05, 0) is 67.8 Å². The van der Waals surface area contributed by atoms with Crippen molar-refractivity contribution in [2.75, 3.05) is 6.61 Å². The van der Waals surface area contributed by atoms with E-state index in [1.165, 1.54) is 6.07 Å². The van der Waals surface area contributed by atoms with E-state index in [0.29, 0.717) is 41.1 Å². The Kier molecular flexibility index (Phi) is 7.80. The van der Waals surface area contributed by atoms with Crippen LogP contribution in [0.5, 0.6) is 11.5 Å². The average Bonchev–Trinajstić information content (AvgIpc) is 2.81. The van der Waals surface area contributed by atoms with Crippen LogP contribution in [0.15, 0.2) is 76.5 Å². The molecule has 2 aromatic carbocycles. The first-order valence-corrected chi connectivity index (χ1v) is 10.3. The molecule has 0 radical (unpaired) electrons. The zero-order chi connectivity index (χ0) is 22.9. The Bertz CT molecular complexity index is 1140. The van der Waals surface area contributed by atoms with Crippen molar-refractivity contribution in [3.63, 3.8) is 0 Å². The quantitative estimate of drug-likeness (QED) is 0.150. The van der Waals surface area contributed by atoms with Gasteiger partial charge in [-0.3, -0.25) is 0 Å². The second kappa shape index (κ2) is 10.9. The third-order valence-electron chi connectivity index (χ3n) is 4.74. The molecule has 0 bridgehead atoms. The van der Waals surface area contributed by atoms with E-state index in [1.807, 2.05) is 6.92 Å². The predicted molar refractivity (Wildman–Crippen MR) is 119 cm³/mol. The number of fused-ring (bicyclic) bond motifs is 1. The molecule has 1 heterocycles. The van der Waals surface area contributed by atoms with Crippen LogP contribution < -0.4 is 15.1 Å². The monoisotopic (exact) mass is 436 g/mol. The Balaban J connectivity index is 1.50. The van der Waals surface area contributed by atoms with Gasteiger partial charge in [-0.2, -0.15) is 0 Å². The van der Waals surface area contributed by atoms with E-state index in [1.54, 1.807) is 48.5 Å². The lowest BCUT2D eigenvalue weighted by Gasteiger charge is -2.15. The first-order chi connectivity index (χ1) is 15.5. The molecule has 1 unspecified atom stereocenters. The Morgan fingerprint density at radius 2 is 1.81 bits per heavy atom. The highest BCUT2D eigenvalue weighted by Crippen LogP contribution is 2.21. The fourth-order valence-electron chi connectivity index (χ4n) is 3.03. The second-order valence-corrected chi connectivity index (χ2v) is 7.03. The van der Waals surface area contributed by atoms with Crippen LogP contribution in [0.3, 0.4) is 0 Å². The highest BCUT2D eigenvalue weighted by atomic mass is 16.5. The molecule has 0 aliphatic carbocycles. The smallest absolute Gasteiger partial charge is 0.343 e. The van der Waals surface area contributed by atoms with Gasteiger partial charge in [0.15, 0.2) is 0 Å². The van der Waals surface area contributed by atoms with E-state index in [4.69, 9.17) is 18.6 Å². The van der Waals surface area contributed by atoms with Crippen LogP contribution in [0.4, 0.5) is 0 Å². The molecule has 0 aliphatic rings. The molecular formula is C25H24O7. The summed E-state index contributed by atoms with van der Waals surface area (Å²) in [5.41, 5.74) is 0.355. The van der Waals surface area contributed by atoms with E-state index in [9.17, 15) is 14.4 Å². The second-order valence-electron chi connectivity index (χ2n) is 7.03. The van der Waals surface area contributed by atoms with E-state index in [0.717, 1.165) is 18.9 Å². The molecular weight excluding hydrogens is 412 g/mol. The number of esters is 2. The number of hydrogen-bond donors (Lipinski definition) is 0. The average molecular weight is 436 g/mol. The molecule has 0 saturated heterocycles. The summed E-state index contributed by atoms with van der Waals surface area (Å²) in [6, 6.07) is 14.3. The van der Waals surface area contributed by atoms with Gasteiger partial charge < -0.3 is 18.6 Å². The highest BCUT2D eigenvalue weighted by molar-refractivity contribution is 5.91. The Hall–Kier alpha value is -3.87. The molecule has 7 heteroatoms. The molecule has 0 aliphatic heterocycles. The first kappa shape index (κ1) is 22.8. The Morgan fingerprint density at radius 1 is 1.06 bits per heavy atom. The van der Waals surface area contributed by atoms with E-state index >= 15 is 0 Å². The molecule has 3 aromatic rings. The van der Waals surface area contributed by atoms with Gasteiger partial charge in [0, 0.05) is 17.5 Å². The summed E-state index contributed by atoms with van der Waals surface area (Å²) in [7, 11) is 0. The first-order valence-electron chi connectivity index (χ1n) is 10.3. The van der Waals surface area contributed by atoms with Crippen molar-refractivity contribution in [3.05, 3.63) is 83.2 Å². The minimum Gasteiger partial charge on any atom is -0.494 e. The molecule has 0 fully saturated rings. The summed E-state index contributed by atoms with van der Waals surface area (Å²) in [5.74, 6) is 0.0383. The van der Waals surface area contributed by atoms with Crippen molar-refractivity contribution < 1.29 is 28.2 Å². The predicted octanol–water partition coefficient (Wildman–Crippen LogP) is 4.68. The summed E-state index contributed by atoms with van der Waals surface area (Å²) >= 11 is 0. The van der Waals surface area contributed by atoms with Gasteiger partial charge in [-0.25, -0.2) is 14.4 Å². The standard InChI is InChI=1S/C25H24O7/c1-3-19(30-23(26)4-2)6-5-15-29-20-10-7-17(8-11-20)25(28)31-21-12-13-22-18(16-21)9-14-24(27)32-22/h4,7-14,16,19H,2-3,5-6,15H2,1H3. The number of carbonyl (C=O) groups excluding carboxylic acids is 2. The molecule has 0 spiro atoms. The van der Waals surface area contributed by atoms with Gasteiger partial charge in [0.1, 0.15) is 23.2 Å². The Labute approximate surface area is 185 Å². The van der Waals surface area contributed by atoms with Crippen molar-refractivity contribution in [1.82, 2.24) is 0 Å². The topological polar surface area (TPSA) is 92.0 Å². The fraction of sp³-hybridized carbons (Fsp3) is 0.240. The van der Waals surface area contributed by atoms with Crippen molar-refractivity contribution in [1.29, 1.82) is 0 Å². The largest absolute Gasteiger partial charge is 0.494 e. The molecule has 32 heavy (non-hydrogen) atoms. The van der Waals surface area contributed by atoms with Crippen molar-refractivity contribution in [2.45, 2.75) is 32.3 Å². The van der Waals surface area contributed by atoms with Gasteiger partial charge >= 0.3 is 17.6 Å². The number of rotatable bonds is 10. The summed E-state index contributed by atoms with van der Waals surface area (Å²) in [6.07, 6.45) is 3.13. The van der Waals surface area contributed by atoms with Crippen LogP contribution in [0, 0.1) is 0 Å². The lowest BCUT2D eigenvalue weighted by molar-refractivity contribution is -0.143. The third-order valence-corrected chi connectivity index (χ3v) is 4.74. The fourth-order valence-corrected chi connectivity index (χ4v) is 3.03. The molecule has 3 rings (SSSR count). The highest BCUT2D eigenvalue weighted by Gasteiger charge is 2.12. The van der Waals surface area contributed by atoms with Gasteiger partial charge in [0.2, 0.25) is 0 Å². The summed E-state index contributed by atoms with van der Waals surface area (Å²) in [4.78, 5) is 34.9. The number of benzene rings is 2. The minimum atomic E-state index is -0.511. The van der Waals surface area contributed by atoms with Gasteiger partial charge in [-0.1, -0.05) is 13.5 Å². The van der Waals surface area contributed by atoms with Crippen molar-refractivity contribution in [2.24, 2.45) is 0 Å². The normalized spacial score (nSPS) is 11.5. The zero-order valence-corrected chi connectivity index (χ0v) is 17.7. The SMILES string of the molecule is C=CC(=O)OC(CC)CCCOc1ccc(C(=O)Oc2ccc3oc(=O)ccc3c2)cc1. The third kappa shape index (κ3) is 6.31. The van der Waals surface area contributed by atoms with Crippen LogP contribution in [0.25, 0.3) is 11.0 Å². The summed E-state index contributed by atoms with van der Waals surface area (Å²) < 4.78 is 21.4. The van der Waals surface area contributed by atoms with E-state index in [-0.39, 0.29) is 6.10 Å². The van der Waals surface area contributed by atoms with Gasteiger partial charge in [0.25, 0.3) is 0 Å². The van der Waals surface area contributed by atoms with Crippen LogP contribution in [0.2, 0.25) is 0 Å².